The van der Waals surface area contributed by atoms with Crippen molar-refractivity contribution in [2.75, 3.05) is 6.54 Å². The topological polar surface area (TPSA) is 116 Å². The second-order valence-corrected chi connectivity index (χ2v) is 8.01. The minimum atomic E-state index is -3.94. The molecule has 0 saturated heterocycles. The Morgan fingerprint density at radius 1 is 1.21 bits per heavy atom. The monoisotopic (exact) mass is 396 g/mol. The van der Waals surface area contributed by atoms with Crippen molar-refractivity contribution in [3.63, 3.8) is 0 Å². The predicted octanol–water partition coefficient (Wildman–Crippen LogP) is 1.96. The van der Waals surface area contributed by atoms with Crippen LogP contribution in [0.3, 0.4) is 0 Å². The summed E-state index contributed by atoms with van der Waals surface area (Å²) in [6.45, 7) is 5.14. The maximum absolute atomic E-state index is 12.3. The van der Waals surface area contributed by atoms with Gasteiger partial charge in [0.1, 0.15) is 4.90 Å². The second kappa shape index (κ2) is 8.15. The van der Waals surface area contributed by atoms with Crippen LogP contribution in [-0.2, 0) is 19.6 Å². The molecule has 0 radical (unpaired) electrons. The molecule has 3 N–H and O–H groups in total. The molecule has 134 valence electrons. The molecule has 24 heavy (non-hydrogen) atoms. The summed E-state index contributed by atoms with van der Waals surface area (Å²) < 4.78 is 31.8. The van der Waals surface area contributed by atoms with Crippen molar-refractivity contribution < 1.29 is 22.7 Å². The highest BCUT2D eigenvalue weighted by Crippen LogP contribution is 2.29. The molecule has 0 fully saturated rings. The van der Waals surface area contributed by atoms with Gasteiger partial charge >= 0.3 is 5.97 Å². The van der Waals surface area contributed by atoms with E-state index in [0.717, 1.165) is 12.1 Å². The summed E-state index contributed by atoms with van der Waals surface area (Å²) >= 11 is 11.9. The molecule has 1 atom stereocenters. The van der Waals surface area contributed by atoms with Crippen LogP contribution in [0.4, 0.5) is 0 Å². The van der Waals surface area contributed by atoms with Crippen molar-refractivity contribution in [1.82, 2.24) is 4.72 Å². The first-order valence-electron chi connectivity index (χ1n) is 6.94. The normalized spacial score (nSPS) is 12.9. The average Bonchev–Trinajstić information content (AvgIpc) is 2.44. The number of rotatable bonds is 7. The van der Waals surface area contributed by atoms with E-state index in [4.69, 9.17) is 33.7 Å². The summed E-state index contributed by atoms with van der Waals surface area (Å²) in [6, 6.07) is 2.13. The first-order chi connectivity index (χ1) is 11.0. The molecule has 0 unspecified atom stereocenters. The zero-order valence-electron chi connectivity index (χ0n) is 13.3. The maximum atomic E-state index is 12.3. The van der Waals surface area contributed by atoms with Gasteiger partial charge in [-0.3, -0.25) is 4.79 Å². The Morgan fingerprint density at radius 2 is 1.79 bits per heavy atom. The quantitative estimate of drug-likeness (QED) is 0.683. The van der Waals surface area contributed by atoms with Crippen molar-refractivity contribution in [3.05, 3.63) is 27.7 Å². The molecular formula is C14H18Cl2N2O5S. The summed E-state index contributed by atoms with van der Waals surface area (Å²) in [5.74, 6) is -1.75. The Hall–Kier alpha value is -1.35. The van der Waals surface area contributed by atoms with Crippen molar-refractivity contribution in [2.45, 2.75) is 31.8 Å². The van der Waals surface area contributed by atoms with Gasteiger partial charge < -0.3 is 10.5 Å². The molecule has 1 amide bonds. The summed E-state index contributed by atoms with van der Waals surface area (Å²) in [6.07, 6.45) is -1.19. The van der Waals surface area contributed by atoms with Crippen molar-refractivity contribution in [2.24, 2.45) is 11.7 Å². The number of carbonyl (C=O) groups is 2. The van der Waals surface area contributed by atoms with E-state index in [-0.39, 0.29) is 33.0 Å². The lowest BCUT2D eigenvalue weighted by molar-refractivity contribution is -0.125. The van der Waals surface area contributed by atoms with Gasteiger partial charge in [0, 0.05) is 6.54 Å². The number of halogens is 2. The number of hydrogen-bond acceptors (Lipinski definition) is 5. The zero-order valence-corrected chi connectivity index (χ0v) is 15.6. The first-order valence-corrected chi connectivity index (χ1v) is 9.18. The SMILES string of the molecule is CC(C)CNS(=O)(=O)c1cc(C(=O)O[C@H](C)C(N)=O)c(Cl)cc1Cl. The largest absolute Gasteiger partial charge is 0.449 e. The van der Waals surface area contributed by atoms with E-state index < -0.39 is 28.0 Å². The molecule has 1 aromatic rings. The smallest absolute Gasteiger partial charge is 0.340 e. The van der Waals surface area contributed by atoms with Gasteiger partial charge in [-0.25, -0.2) is 17.9 Å². The fourth-order valence-corrected chi connectivity index (χ4v) is 3.59. The lowest BCUT2D eigenvalue weighted by atomic mass is 10.2. The Labute approximate surface area is 150 Å². The minimum Gasteiger partial charge on any atom is -0.449 e. The molecule has 10 heteroatoms. The Balaban J connectivity index is 3.22. The molecule has 0 aliphatic heterocycles. The van der Waals surface area contributed by atoms with E-state index in [2.05, 4.69) is 4.72 Å². The van der Waals surface area contributed by atoms with E-state index in [9.17, 15) is 18.0 Å². The number of nitrogens with two attached hydrogens (primary N) is 1. The van der Waals surface area contributed by atoms with Gasteiger partial charge in [0.15, 0.2) is 6.10 Å². The fourth-order valence-electron chi connectivity index (χ4n) is 1.53. The third kappa shape index (κ3) is 5.34. The molecule has 0 aromatic heterocycles. The molecule has 0 saturated carbocycles. The van der Waals surface area contributed by atoms with Crippen molar-refractivity contribution in [1.29, 1.82) is 0 Å². The summed E-state index contributed by atoms with van der Waals surface area (Å²) in [4.78, 5) is 22.7. The molecule has 0 bridgehead atoms. The Bertz CT molecular complexity index is 750. The Kier molecular flexibility index (Phi) is 7.03. The van der Waals surface area contributed by atoms with Gasteiger partial charge in [-0.15, -0.1) is 0 Å². The van der Waals surface area contributed by atoms with E-state index in [0.29, 0.717) is 0 Å². The number of benzene rings is 1. The van der Waals surface area contributed by atoms with Crippen LogP contribution < -0.4 is 10.5 Å². The van der Waals surface area contributed by atoms with Gasteiger partial charge in [0.05, 0.1) is 15.6 Å². The van der Waals surface area contributed by atoms with Gasteiger partial charge in [0.25, 0.3) is 5.91 Å². The minimum absolute atomic E-state index is 0.0757. The molecule has 0 heterocycles. The van der Waals surface area contributed by atoms with Gasteiger partial charge in [0.2, 0.25) is 10.0 Å². The van der Waals surface area contributed by atoms with E-state index in [1.807, 2.05) is 13.8 Å². The zero-order chi connectivity index (χ0) is 18.7. The molecule has 0 aliphatic carbocycles. The predicted molar refractivity (Wildman–Crippen MR) is 90.6 cm³/mol. The van der Waals surface area contributed by atoms with Crippen LogP contribution in [0.5, 0.6) is 0 Å². The van der Waals surface area contributed by atoms with Crippen molar-refractivity contribution in [3.8, 4) is 0 Å². The lowest BCUT2D eigenvalue weighted by Crippen LogP contribution is -2.31. The lowest BCUT2D eigenvalue weighted by Gasteiger charge is -2.14. The van der Waals surface area contributed by atoms with E-state index in [1.165, 1.54) is 6.92 Å². The number of nitrogens with one attached hydrogen (secondary N) is 1. The van der Waals surface area contributed by atoms with Crippen LogP contribution in [0, 0.1) is 5.92 Å². The number of sulfonamides is 1. The highest BCUT2D eigenvalue weighted by molar-refractivity contribution is 7.89. The van der Waals surface area contributed by atoms with Crippen LogP contribution in [0.25, 0.3) is 0 Å². The number of hydrogen-bond donors (Lipinski definition) is 2. The average molecular weight is 397 g/mol. The number of esters is 1. The molecular weight excluding hydrogens is 379 g/mol. The molecule has 1 aromatic carbocycles. The van der Waals surface area contributed by atoms with E-state index >= 15 is 0 Å². The molecule has 1 rings (SSSR count). The maximum Gasteiger partial charge on any atom is 0.340 e. The summed E-state index contributed by atoms with van der Waals surface area (Å²) in [5, 5.41) is -0.250. The van der Waals surface area contributed by atoms with Crippen LogP contribution in [0.1, 0.15) is 31.1 Å². The van der Waals surface area contributed by atoms with Crippen LogP contribution in [-0.4, -0.2) is 32.9 Å². The third-order valence-corrected chi connectivity index (χ3v) is 5.10. The van der Waals surface area contributed by atoms with E-state index in [1.54, 1.807) is 0 Å². The number of primary amides is 1. The molecule has 7 nitrogen and oxygen atoms in total. The highest BCUT2D eigenvalue weighted by atomic mass is 35.5. The number of amides is 1. The van der Waals surface area contributed by atoms with Crippen LogP contribution >= 0.6 is 23.2 Å². The summed E-state index contributed by atoms with van der Waals surface area (Å²) in [5.41, 5.74) is 4.78. The standard InChI is InChI=1S/C14H18Cl2N2O5S/c1-7(2)6-18-24(21,22)12-4-9(10(15)5-11(12)16)14(20)23-8(3)13(17)19/h4-5,7-8,18H,6H2,1-3H3,(H2,17,19)/t8-/m1/s1. The van der Waals surface area contributed by atoms with Gasteiger partial charge in [-0.2, -0.15) is 0 Å². The second-order valence-electron chi connectivity index (χ2n) is 5.46. The number of carbonyl (C=O) groups excluding carboxylic acids is 2. The van der Waals surface area contributed by atoms with Crippen LogP contribution in [0.15, 0.2) is 17.0 Å². The molecule has 0 aliphatic rings. The number of ether oxygens (including phenoxy) is 1. The van der Waals surface area contributed by atoms with Gasteiger partial charge in [-0.05, 0) is 25.0 Å². The fraction of sp³-hybridized carbons (Fsp3) is 0.429. The summed E-state index contributed by atoms with van der Waals surface area (Å²) in [7, 11) is -3.94. The van der Waals surface area contributed by atoms with Crippen molar-refractivity contribution >= 4 is 45.1 Å². The highest BCUT2D eigenvalue weighted by Gasteiger charge is 2.25. The van der Waals surface area contributed by atoms with Gasteiger partial charge in [-0.1, -0.05) is 37.0 Å². The molecule has 0 spiro atoms. The van der Waals surface area contributed by atoms with Crippen LogP contribution in [0.2, 0.25) is 10.0 Å². The third-order valence-electron chi connectivity index (χ3n) is 2.90. The Morgan fingerprint density at radius 3 is 2.29 bits per heavy atom. The first kappa shape index (κ1) is 20.7.